The van der Waals surface area contributed by atoms with Gasteiger partial charge in [-0.05, 0) is 42.4 Å². The summed E-state index contributed by atoms with van der Waals surface area (Å²) >= 11 is 0. The van der Waals surface area contributed by atoms with Gasteiger partial charge in [-0.2, -0.15) is 0 Å². The van der Waals surface area contributed by atoms with Gasteiger partial charge in [0, 0.05) is 38.5 Å². The summed E-state index contributed by atoms with van der Waals surface area (Å²) in [6.45, 7) is 5.29. The Labute approximate surface area is 109 Å². The third-order valence-corrected chi connectivity index (χ3v) is 4.25. The zero-order chi connectivity index (χ0) is 12.4. The molecule has 3 heteroatoms. The van der Waals surface area contributed by atoms with Crippen molar-refractivity contribution in [2.75, 3.05) is 32.0 Å². The molecule has 0 spiro atoms. The Morgan fingerprint density at radius 3 is 2.94 bits per heavy atom. The van der Waals surface area contributed by atoms with E-state index < -0.39 is 0 Å². The van der Waals surface area contributed by atoms with E-state index in [0.29, 0.717) is 0 Å². The Bertz CT molecular complexity index is 413. The molecule has 1 saturated heterocycles. The van der Waals surface area contributed by atoms with Crippen molar-refractivity contribution in [2.45, 2.75) is 25.8 Å². The molecule has 0 bridgehead atoms. The summed E-state index contributed by atoms with van der Waals surface area (Å²) in [4.78, 5) is 2.56. The van der Waals surface area contributed by atoms with E-state index in [9.17, 15) is 0 Å². The fraction of sp³-hybridized carbons (Fsp3) is 0.600. The molecular weight excluding hydrogens is 224 g/mol. The van der Waals surface area contributed by atoms with Crippen molar-refractivity contribution in [3.8, 4) is 0 Å². The largest absolute Gasteiger partial charge is 0.398 e. The Hall–Kier alpha value is -1.06. The molecule has 2 heterocycles. The lowest BCUT2D eigenvalue weighted by Gasteiger charge is -2.33. The van der Waals surface area contributed by atoms with Crippen LogP contribution in [-0.4, -0.2) is 31.2 Å². The van der Waals surface area contributed by atoms with Crippen molar-refractivity contribution < 1.29 is 4.74 Å². The third kappa shape index (κ3) is 2.52. The molecular formula is C15H22N2O. The number of nitrogen functional groups attached to an aromatic ring is 1. The first-order valence-corrected chi connectivity index (χ1v) is 6.99. The van der Waals surface area contributed by atoms with Crippen LogP contribution in [-0.2, 0) is 17.7 Å². The molecule has 18 heavy (non-hydrogen) atoms. The van der Waals surface area contributed by atoms with Gasteiger partial charge >= 0.3 is 0 Å². The van der Waals surface area contributed by atoms with Crippen molar-refractivity contribution in [1.82, 2.24) is 4.90 Å². The Morgan fingerprint density at radius 2 is 2.11 bits per heavy atom. The summed E-state index contributed by atoms with van der Waals surface area (Å²) in [5, 5.41) is 0. The van der Waals surface area contributed by atoms with Crippen LogP contribution < -0.4 is 5.73 Å². The topological polar surface area (TPSA) is 38.5 Å². The van der Waals surface area contributed by atoms with Gasteiger partial charge in [0.1, 0.15) is 0 Å². The van der Waals surface area contributed by atoms with Gasteiger partial charge in [0.05, 0.1) is 0 Å². The minimum absolute atomic E-state index is 0.810. The number of nitrogens with zero attached hydrogens (tertiary/aromatic N) is 1. The molecule has 98 valence electrons. The number of anilines is 1. The van der Waals surface area contributed by atoms with Crippen molar-refractivity contribution >= 4 is 5.69 Å². The van der Waals surface area contributed by atoms with Gasteiger partial charge in [-0.1, -0.05) is 12.1 Å². The van der Waals surface area contributed by atoms with Crippen molar-refractivity contribution in [2.24, 2.45) is 5.92 Å². The van der Waals surface area contributed by atoms with Crippen LogP contribution in [0.25, 0.3) is 0 Å². The molecule has 1 aromatic carbocycles. The number of ether oxygens (including phenoxy) is 1. The van der Waals surface area contributed by atoms with Crippen molar-refractivity contribution in [3.63, 3.8) is 0 Å². The molecule has 3 nitrogen and oxygen atoms in total. The Balaban J connectivity index is 1.65. The van der Waals surface area contributed by atoms with Crippen molar-refractivity contribution in [1.29, 1.82) is 0 Å². The molecule has 0 unspecified atom stereocenters. The summed E-state index contributed by atoms with van der Waals surface area (Å²) in [5.74, 6) is 0.810. The average Bonchev–Trinajstić information content (AvgIpc) is 2.41. The first-order valence-electron chi connectivity index (χ1n) is 6.99. The van der Waals surface area contributed by atoms with E-state index in [1.165, 1.54) is 37.1 Å². The van der Waals surface area contributed by atoms with Gasteiger partial charge < -0.3 is 10.5 Å². The minimum atomic E-state index is 0.810. The van der Waals surface area contributed by atoms with Gasteiger partial charge in [-0.25, -0.2) is 0 Å². The molecule has 1 fully saturated rings. The van der Waals surface area contributed by atoms with E-state index in [-0.39, 0.29) is 0 Å². The van der Waals surface area contributed by atoms with Gasteiger partial charge in [-0.3, -0.25) is 4.90 Å². The standard InChI is InChI=1S/C15H22N2O/c16-15-3-1-2-13-4-7-17(11-14(13)15)10-12-5-8-18-9-6-12/h1-3,12H,4-11,16H2. The zero-order valence-electron chi connectivity index (χ0n) is 10.9. The SMILES string of the molecule is Nc1cccc2c1CN(CC1CCOCC1)CC2. The number of hydrogen-bond acceptors (Lipinski definition) is 3. The van der Waals surface area contributed by atoms with E-state index in [1.54, 1.807) is 0 Å². The second-order valence-corrected chi connectivity index (χ2v) is 5.53. The quantitative estimate of drug-likeness (QED) is 0.812. The molecule has 1 aromatic rings. The number of rotatable bonds is 2. The Morgan fingerprint density at radius 1 is 1.28 bits per heavy atom. The van der Waals surface area contributed by atoms with Gasteiger partial charge in [0.25, 0.3) is 0 Å². The summed E-state index contributed by atoms with van der Waals surface area (Å²) < 4.78 is 5.43. The van der Waals surface area contributed by atoms with E-state index in [4.69, 9.17) is 10.5 Å². The molecule has 2 aliphatic heterocycles. The van der Waals surface area contributed by atoms with E-state index in [0.717, 1.165) is 37.8 Å². The van der Waals surface area contributed by atoms with Gasteiger partial charge in [0.15, 0.2) is 0 Å². The number of fused-ring (bicyclic) bond motifs is 1. The number of benzene rings is 1. The molecule has 0 atom stereocenters. The van der Waals surface area contributed by atoms with Crippen LogP contribution in [0.2, 0.25) is 0 Å². The molecule has 2 N–H and O–H groups in total. The second-order valence-electron chi connectivity index (χ2n) is 5.53. The van der Waals surface area contributed by atoms with E-state index >= 15 is 0 Å². The van der Waals surface area contributed by atoms with Crippen LogP contribution in [0.4, 0.5) is 5.69 Å². The summed E-state index contributed by atoms with van der Waals surface area (Å²) in [6, 6.07) is 6.32. The maximum atomic E-state index is 6.09. The van der Waals surface area contributed by atoms with Crippen LogP contribution in [0.1, 0.15) is 24.0 Å². The highest BCUT2D eigenvalue weighted by Crippen LogP contribution is 2.26. The fourth-order valence-corrected chi connectivity index (χ4v) is 3.11. The lowest BCUT2D eigenvalue weighted by Crippen LogP contribution is -2.36. The maximum Gasteiger partial charge on any atom is 0.0469 e. The van der Waals surface area contributed by atoms with Gasteiger partial charge in [-0.15, -0.1) is 0 Å². The summed E-state index contributed by atoms with van der Waals surface area (Å²) in [5.41, 5.74) is 9.85. The van der Waals surface area contributed by atoms with E-state index in [1.807, 2.05) is 6.07 Å². The van der Waals surface area contributed by atoms with E-state index in [2.05, 4.69) is 17.0 Å². The van der Waals surface area contributed by atoms with Crippen LogP contribution >= 0.6 is 0 Å². The number of nitrogens with two attached hydrogens (primary N) is 1. The fourth-order valence-electron chi connectivity index (χ4n) is 3.11. The molecule has 0 amide bonds. The highest BCUT2D eigenvalue weighted by Gasteiger charge is 2.22. The predicted molar refractivity (Wildman–Crippen MR) is 73.4 cm³/mol. The molecule has 2 aliphatic rings. The highest BCUT2D eigenvalue weighted by atomic mass is 16.5. The lowest BCUT2D eigenvalue weighted by atomic mass is 9.95. The third-order valence-electron chi connectivity index (χ3n) is 4.25. The molecule has 0 saturated carbocycles. The summed E-state index contributed by atoms with van der Waals surface area (Å²) in [7, 11) is 0. The minimum Gasteiger partial charge on any atom is -0.398 e. The predicted octanol–water partition coefficient (Wildman–Crippen LogP) is 2.05. The van der Waals surface area contributed by atoms with Crippen LogP contribution in [0.5, 0.6) is 0 Å². The zero-order valence-corrected chi connectivity index (χ0v) is 10.9. The summed E-state index contributed by atoms with van der Waals surface area (Å²) in [6.07, 6.45) is 3.57. The Kier molecular flexibility index (Phi) is 3.52. The maximum absolute atomic E-state index is 6.09. The second kappa shape index (κ2) is 5.29. The smallest absolute Gasteiger partial charge is 0.0469 e. The molecule has 0 aliphatic carbocycles. The number of hydrogen-bond donors (Lipinski definition) is 1. The lowest BCUT2D eigenvalue weighted by molar-refractivity contribution is 0.0506. The van der Waals surface area contributed by atoms with Crippen LogP contribution in [0, 0.1) is 5.92 Å². The molecule has 3 rings (SSSR count). The first kappa shape index (κ1) is 12.0. The monoisotopic (exact) mass is 246 g/mol. The van der Waals surface area contributed by atoms with Crippen LogP contribution in [0.3, 0.4) is 0 Å². The molecule has 0 aromatic heterocycles. The van der Waals surface area contributed by atoms with Gasteiger partial charge in [0.2, 0.25) is 0 Å². The van der Waals surface area contributed by atoms with Crippen molar-refractivity contribution in [3.05, 3.63) is 29.3 Å². The van der Waals surface area contributed by atoms with Crippen LogP contribution in [0.15, 0.2) is 18.2 Å². The molecule has 0 radical (unpaired) electrons. The first-order chi connectivity index (χ1) is 8.83. The average molecular weight is 246 g/mol. The normalized spacial score (nSPS) is 21.8. The highest BCUT2D eigenvalue weighted by molar-refractivity contribution is 5.51.